The summed E-state index contributed by atoms with van der Waals surface area (Å²) in [5.74, 6) is -1.09. The Hall–Kier alpha value is -1.86. The molecule has 0 atom stereocenters. The van der Waals surface area contributed by atoms with Crippen molar-refractivity contribution in [2.75, 3.05) is 24.2 Å². The molecule has 0 amide bonds. The third kappa shape index (κ3) is 6.92. The maximum Gasteiger partial charge on any atom is 0.328 e. The lowest BCUT2D eigenvalue weighted by atomic mass is 10.1. The van der Waals surface area contributed by atoms with Gasteiger partial charge in [-0.15, -0.1) is 0 Å². The van der Waals surface area contributed by atoms with Crippen molar-refractivity contribution in [1.82, 2.24) is 0 Å². The van der Waals surface area contributed by atoms with E-state index >= 15 is 0 Å². The highest BCUT2D eigenvalue weighted by atomic mass is 32.2. The fourth-order valence-corrected chi connectivity index (χ4v) is 2.84. The number of aliphatic carboxylic acids is 1. The third-order valence-electron chi connectivity index (χ3n) is 2.55. The SMILES string of the molecule is COCCCS(=O)(=O)Nc1cc(C)cc(/C=C/C(=O)O)c1. The van der Waals surface area contributed by atoms with E-state index < -0.39 is 16.0 Å². The van der Waals surface area contributed by atoms with Gasteiger partial charge in [0.05, 0.1) is 5.75 Å². The first-order chi connectivity index (χ1) is 9.82. The number of methoxy groups -OCH3 is 1. The Bertz CT molecular complexity index is 622. The second-order valence-corrected chi connectivity index (χ2v) is 6.41. The summed E-state index contributed by atoms with van der Waals surface area (Å²) in [5.41, 5.74) is 1.86. The number of ether oxygens (including phenoxy) is 1. The molecule has 0 saturated carbocycles. The predicted octanol–water partition coefficient (Wildman–Crippen LogP) is 1.87. The Morgan fingerprint density at radius 3 is 2.71 bits per heavy atom. The van der Waals surface area contributed by atoms with Gasteiger partial charge in [-0.2, -0.15) is 0 Å². The van der Waals surface area contributed by atoms with Crippen LogP contribution in [0.1, 0.15) is 17.5 Å². The largest absolute Gasteiger partial charge is 0.478 e. The number of nitrogens with one attached hydrogen (secondary N) is 1. The molecule has 0 aliphatic rings. The van der Waals surface area contributed by atoms with E-state index in [1.165, 1.54) is 13.2 Å². The fraction of sp³-hybridized carbons (Fsp3) is 0.357. The van der Waals surface area contributed by atoms with Gasteiger partial charge in [-0.1, -0.05) is 6.07 Å². The molecule has 0 saturated heterocycles. The van der Waals surface area contributed by atoms with Gasteiger partial charge in [-0.3, -0.25) is 4.72 Å². The lowest BCUT2D eigenvalue weighted by Crippen LogP contribution is -2.17. The van der Waals surface area contributed by atoms with Crippen molar-refractivity contribution in [2.24, 2.45) is 0 Å². The summed E-state index contributed by atoms with van der Waals surface area (Å²) in [6, 6.07) is 5.04. The summed E-state index contributed by atoms with van der Waals surface area (Å²) in [7, 11) is -1.93. The molecule has 6 nitrogen and oxygen atoms in total. The number of sulfonamides is 1. The number of aryl methyl sites for hydroxylation is 1. The van der Waals surface area contributed by atoms with Gasteiger partial charge in [-0.05, 0) is 42.7 Å². The monoisotopic (exact) mass is 313 g/mol. The highest BCUT2D eigenvalue weighted by Gasteiger charge is 2.10. The van der Waals surface area contributed by atoms with E-state index in [-0.39, 0.29) is 5.75 Å². The van der Waals surface area contributed by atoms with Gasteiger partial charge < -0.3 is 9.84 Å². The molecule has 0 spiro atoms. The number of benzene rings is 1. The van der Waals surface area contributed by atoms with Crippen LogP contribution in [0.3, 0.4) is 0 Å². The van der Waals surface area contributed by atoms with Crippen molar-refractivity contribution in [3.8, 4) is 0 Å². The average molecular weight is 313 g/mol. The summed E-state index contributed by atoms with van der Waals surface area (Å²) >= 11 is 0. The predicted molar refractivity (Wildman–Crippen MR) is 81.8 cm³/mol. The number of rotatable bonds is 8. The second kappa shape index (κ2) is 7.80. The molecule has 2 N–H and O–H groups in total. The van der Waals surface area contributed by atoms with Crippen LogP contribution in [0, 0.1) is 6.92 Å². The van der Waals surface area contributed by atoms with Crippen molar-refractivity contribution in [1.29, 1.82) is 0 Å². The molecule has 1 aromatic carbocycles. The van der Waals surface area contributed by atoms with E-state index in [2.05, 4.69) is 4.72 Å². The van der Waals surface area contributed by atoms with E-state index in [0.29, 0.717) is 24.3 Å². The topological polar surface area (TPSA) is 92.7 Å². The Morgan fingerprint density at radius 2 is 2.10 bits per heavy atom. The second-order valence-electron chi connectivity index (χ2n) is 4.57. The Kier molecular flexibility index (Phi) is 6.39. The molecule has 116 valence electrons. The highest BCUT2D eigenvalue weighted by Crippen LogP contribution is 2.17. The summed E-state index contributed by atoms with van der Waals surface area (Å²) in [5, 5.41) is 8.61. The molecule has 1 rings (SSSR count). The van der Waals surface area contributed by atoms with E-state index in [4.69, 9.17) is 9.84 Å². The summed E-state index contributed by atoms with van der Waals surface area (Å²) in [4.78, 5) is 10.5. The van der Waals surface area contributed by atoms with Crippen molar-refractivity contribution in [3.63, 3.8) is 0 Å². The van der Waals surface area contributed by atoms with Crippen molar-refractivity contribution in [2.45, 2.75) is 13.3 Å². The first-order valence-electron chi connectivity index (χ1n) is 6.34. The number of carbonyl (C=O) groups is 1. The fourth-order valence-electron chi connectivity index (χ4n) is 1.76. The Labute approximate surface area is 124 Å². The number of carboxylic acids is 1. The lowest BCUT2D eigenvalue weighted by Gasteiger charge is -2.09. The van der Waals surface area contributed by atoms with Crippen molar-refractivity contribution < 1.29 is 23.1 Å². The molecular formula is C14H19NO5S. The molecular weight excluding hydrogens is 294 g/mol. The molecule has 0 aliphatic carbocycles. The zero-order chi connectivity index (χ0) is 15.9. The van der Waals surface area contributed by atoms with Gasteiger partial charge in [0.15, 0.2) is 0 Å². The van der Waals surface area contributed by atoms with Crippen LogP contribution in [0.25, 0.3) is 6.08 Å². The van der Waals surface area contributed by atoms with E-state index in [9.17, 15) is 13.2 Å². The summed E-state index contributed by atoms with van der Waals surface area (Å²) < 4.78 is 31.1. The highest BCUT2D eigenvalue weighted by molar-refractivity contribution is 7.92. The van der Waals surface area contributed by atoms with Crippen LogP contribution in [0.15, 0.2) is 24.3 Å². The number of carboxylic acid groups (broad SMARTS) is 1. The maximum atomic E-state index is 11.9. The van der Waals surface area contributed by atoms with E-state index in [1.807, 2.05) is 0 Å². The Balaban J connectivity index is 2.86. The molecule has 1 aromatic rings. The smallest absolute Gasteiger partial charge is 0.328 e. The maximum absolute atomic E-state index is 11.9. The van der Waals surface area contributed by atoms with Gasteiger partial charge >= 0.3 is 5.97 Å². The normalized spacial score (nSPS) is 11.7. The van der Waals surface area contributed by atoms with Gasteiger partial charge in [-0.25, -0.2) is 13.2 Å². The molecule has 0 bridgehead atoms. The van der Waals surface area contributed by atoms with Crippen LogP contribution >= 0.6 is 0 Å². The molecule has 0 aliphatic heterocycles. The number of hydrogen-bond donors (Lipinski definition) is 2. The molecule has 0 heterocycles. The zero-order valence-electron chi connectivity index (χ0n) is 12.0. The van der Waals surface area contributed by atoms with Crippen LogP contribution in [-0.2, 0) is 19.6 Å². The van der Waals surface area contributed by atoms with Gasteiger partial charge in [0.2, 0.25) is 10.0 Å². The van der Waals surface area contributed by atoms with Gasteiger partial charge in [0.1, 0.15) is 0 Å². The van der Waals surface area contributed by atoms with E-state index in [1.54, 1.807) is 25.1 Å². The van der Waals surface area contributed by atoms with Crippen molar-refractivity contribution >= 4 is 27.8 Å². The van der Waals surface area contributed by atoms with Crippen LogP contribution in [-0.4, -0.2) is 39.0 Å². The third-order valence-corrected chi connectivity index (χ3v) is 3.93. The molecule has 21 heavy (non-hydrogen) atoms. The quantitative estimate of drug-likeness (QED) is 0.564. The minimum Gasteiger partial charge on any atom is -0.478 e. The molecule has 0 unspecified atom stereocenters. The van der Waals surface area contributed by atoms with Crippen LogP contribution in [0.2, 0.25) is 0 Å². The first kappa shape index (κ1) is 17.2. The standard InChI is InChI=1S/C14H19NO5S/c1-11-8-12(4-5-14(16)17)10-13(9-11)15-21(18,19)7-3-6-20-2/h4-5,8-10,15H,3,6-7H2,1-2H3,(H,16,17)/b5-4+. The van der Waals surface area contributed by atoms with E-state index in [0.717, 1.165) is 11.6 Å². The first-order valence-corrected chi connectivity index (χ1v) is 8.00. The number of hydrogen-bond acceptors (Lipinski definition) is 4. The van der Waals surface area contributed by atoms with Crippen LogP contribution < -0.4 is 4.72 Å². The van der Waals surface area contributed by atoms with Crippen LogP contribution in [0.5, 0.6) is 0 Å². The molecule has 7 heteroatoms. The summed E-state index contributed by atoms with van der Waals surface area (Å²) in [6.45, 7) is 2.18. The average Bonchev–Trinajstić information content (AvgIpc) is 2.35. The van der Waals surface area contributed by atoms with Gasteiger partial charge in [0, 0.05) is 25.5 Å². The minimum atomic E-state index is -3.44. The van der Waals surface area contributed by atoms with Gasteiger partial charge in [0.25, 0.3) is 0 Å². The number of anilines is 1. The summed E-state index contributed by atoms with van der Waals surface area (Å²) in [6.07, 6.45) is 2.83. The molecule has 0 fully saturated rings. The minimum absolute atomic E-state index is 0.0327. The van der Waals surface area contributed by atoms with Crippen molar-refractivity contribution in [3.05, 3.63) is 35.4 Å². The van der Waals surface area contributed by atoms with Crippen LogP contribution in [0.4, 0.5) is 5.69 Å². The molecule has 0 radical (unpaired) electrons. The Morgan fingerprint density at radius 1 is 1.38 bits per heavy atom. The lowest BCUT2D eigenvalue weighted by molar-refractivity contribution is -0.131. The molecule has 0 aromatic heterocycles. The zero-order valence-corrected chi connectivity index (χ0v) is 12.8.